The van der Waals surface area contributed by atoms with Gasteiger partial charge in [0.25, 0.3) is 0 Å². The van der Waals surface area contributed by atoms with E-state index in [4.69, 9.17) is 4.74 Å². The summed E-state index contributed by atoms with van der Waals surface area (Å²) < 4.78 is 4.77. The summed E-state index contributed by atoms with van der Waals surface area (Å²) in [5.41, 5.74) is 0.667. The van der Waals surface area contributed by atoms with E-state index in [2.05, 4.69) is 6.58 Å². The number of hydrogen-bond donors (Lipinski definition) is 0. The average Bonchev–Trinajstić information content (AvgIpc) is 2.13. The van der Waals surface area contributed by atoms with Crippen LogP contribution >= 0.6 is 0 Å². The summed E-state index contributed by atoms with van der Waals surface area (Å²) in [6, 6.07) is 0. The van der Waals surface area contributed by atoms with Crippen LogP contribution < -0.4 is 0 Å². The van der Waals surface area contributed by atoms with Gasteiger partial charge in [0.15, 0.2) is 0 Å². The zero-order valence-corrected chi connectivity index (χ0v) is 5.26. The summed E-state index contributed by atoms with van der Waals surface area (Å²) in [5, 5.41) is 0. The van der Waals surface area contributed by atoms with Gasteiger partial charge in [-0.15, -0.1) is 0 Å². The lowest BCUT2D eigenvalue weighted by Gasteiger charge is -1.97. The average molecular weight is 124 g/mol. The van der Waals surface area contributed by atoms with Gasteiger partial charge in [-0.25, -0.2) is 4.79 Å². The number of ether oxygens (including phenoxy) is 1. The molecule has 0 aromatic rings. The van der Waals surface area contributed by atoms with Gasteiger partial charge in [0.2, 0.25) is 0 Å². The van der Waals surface area contributed by atoms with Crippen molar-refractivity contribution in [1.29, 1.82) is 0 Å². The molecule has 0 radical (unpaired) electrons. The minimum atomic E-state index is -0.236. The van der Waals surface area contributed by atoms with Crippen LogP contribution in [0.5, 0.6) is 0 Å². The second-order valence-electron chi connectivity index (χ2n) is 1.96. The van der Waals surface area contributed by atoms with E-state index in [-0.39, 0.29) is 12.1 Å². The first-order chi connectivity index (χ1) is 4.24. The van der Waals surface area contributed by atoms with Crippen LogP contribution in [0.15, 0.2) is 24.3 Å². The van der Waals surface area contributed by atoms with Crippen molar-refractivity contribution in [2.75, 3.05) is 0 Å². The van der Waals surface area contributed by atoms with E-state index in [1.165, 1.54) is 0 Å². The standard InChI is InChI=1S/C7H8O2/c1-3-6-4-5(2)7(8)9-6/h3-4,6H,1H2,2H3. The number of hydrogen-bond acceptors (Lipinski definition) is 2. The van der Waals surface area contributed by atoms with Crippen LogP contribution in [0.1, 0.15) is 6.92 Å². The molecule has 2 nitrogen and oxygen atoms in total. The SMILES string of the molecule is C=CC1C=C(C)C(=O)O1. The highest BCUT2D eigenvalue weighted by Crippen LogP contribution is 2.12. The summed E-state index contributed by atoms with van der Waals surface area (Å²) >= 11 is 0. The molecule has 0 aromatic carbocycles. The molecule has 0 fully saturated rings. The Kier molecular flexibility index (Phi) is 1.39. The molecule has 1 aliphatic rings. The largest absolute Gasteiger partial charge is 0.450 e. The van der Waals surface area contributed by atoms with Gasteiger partial charge < -0.3 is 4.74 Å². The minimum absolute atomic E-state index is 0.197. The van der Waals surface area contributed by atoms with Gasteiger partial charge in [-0.2, -0.15) is 0 Å². The molecule has 0 bridgehead atoms. The van der Waals surface area contributed by atoms with Crippen molar-refractivity contribution >= 4 is 5.97 Å². The molecule has 1 aliphatic heterocycles. The second kappa shape index (κ2) is 2.05. The van der Waals surface area contributed by atoms with Crippen molar-refractivity contribution in [2.24, 2.45) is 0 Å². The quantitative estimate of drug-likeness (QED) is 0.385. The summed E-state index contributed by atoms with van der Waals surface area (Å²) in [5.74, 6) is -0.236. The first-order valence-corrected chi connectivity index (χ1v) is 2.76. The molecule has 0 aliphatic carbocycles. The smallest absolute Gasteiger partial charge is 0.334 e. The fourth-order valence-corrected chi connectivity index (χ4v) is 0.681. The maximum Gasteiger partial charge on any atom is 0.334 e. The number of esters is 1. The van der Waals surface area contributed by atoms with Gasteiger partial charge in [0, 0.05) is 5.57 Å². The lowest BCUT2D eigenvalue weighted by Crippen LogP contribution is -2.03. The number of carbonyl (C=O) groups is 1. The van der Waals surface area contributed by atoms with Gasteiger partial charge in [-0.05, 0) is 19.1 Å². The van der Waals surface area contributed by atoms with E-state index in [0.717, 1.165) is 0 Å². The van der Waals surface area contributed by atoms with Crippen molar-refractivity contribution in [1.82, 2.24) is 0 Å². The Morgan fingerprint density at radius 2 is 2.56 bits per heavy atom. The van der Waals surface area contributed by atoms with Crippen LogP contribution in [0.2, 0.25) is 0 Å². The Morgan fingerprint density at radius 1 is 1.89 bits per heavy atom. The molecule has 1 unspecified atom stereocenters. The van der Waals surface area contributed by atoms with Crippen molar-refractivity contribution < 1.29 is 9.53 Å². The Labute approximate surface area is 53.8 Å². The first-order valence-electron chi connectivity index (χ1n) is 2.76. The lowest BCUT2D eigenvalue weighted by atomic mass is 10.2. The highest BCUT2D eigenvalue weighted by Gasteiger charge is 2.18. The summed E-state index contributed by atoms with van der Waals surface area (Å²) in [6.07, 6.45) is 3.14. The van der Waals surface area contributed by atoms with Gasteiger partial charge in [-0.3, -0.25) is 0 Å². The summed E-state index contributed by atoms with van der Waals surface area (Å²) in [4.78, 5) is 10.6. The number of carbonyl (C=O) groups excluding carboxylic acids is 1. The second-order valence-corrected chi connectivity index (χ2v) is 1.96. The van der Waals surface area contributed by atoms with Crippen molar-refractivity contribution in [3.63, 3.8) is 0 Å². The van der Waals surface area contributed by atoms with Crippen LogP contribution in [0.4, 0.5) is 0 Å². The van der Waals surface area contributed by atoms with Crippen LogP contribution in [0.3, 0.4) is 0 Å². The molecule has 0 amide bonds. The molecule has 0 aromatic heterocycles. The van der Waals surface area contributed by atoms with E-state index < -0.39 is 0 Å². The molecule has 9 heavy (non-hydrogen) atoms. The van der Waals surface area contributed by atoms with Gasteiger partial charge in [0.05, 0.1) is 0 Å². The minimum Gasteiger partial charge on any atom is -0.450 e. The number of rotatable bonds is 1. The van der Waals surface area contributed by atoms with Gasteiger partial charge >= 0.3 is 5.97 Å². The summed E-state index contributed by atoms with van der Waals surface area (Å²) in [7, 11) is 0. The van der Waals surface area contributed by atoms with Gasteiger partial charge in [0.1, 0.15) is 6.10 Å². The molecular weight excluding hydrogens is 116 g/mol. The fourth-order valence-electron chi connectivity index (χ4n) is 0.681. The maximum absolute atomic E-state index is 10.6. The van der Waals surface area contributed by atoms with Crippen molar-refractivity contribution in [3.05, 3.63) is 24.3 Å². The molecule has 1 heterocycles. The maximum atomic E-state index is 10.6. The zero-order valence-electron chi connectivity index (χ0n) is 5.26. The third-order valence-electron chi connectivity index (χ3n) is 1.21. The molecule has 1 rings (SSSR count). The van der Waals surface area contributed by atoms with E-state index in [1.807, 2.05) is 0 Å². The van der Waals surface area contributed by atoms with E-state index in [0.29, 0.717) is 5.57 Å². The van der Waals surface area contributed by atoms with Crippen molar-refractivity contribution in [2.45, 2.75) is 13.0 Å². The normalized spacial score (nSPS) is 25.2. The molecular formula is C7H8O2. The third kappa shape index (κ3) is 1.02. The molecule has 0 saturated heterocycles. The van der Waals surface area contributed by atoms with E-state index in [1.54, 1.807) is 19.1 Å². The molecule has 1 atom stereocenters. The third-order valence-corrected chi connectivity index (χ3v) is 1.21. The summed E-state index contributed by atoms with van der Waals surface area (Å²) in [6.45, 7) is 5.22. The fraction of sp³-hybridized carbons (Fsp3) is 0.286. The Balaban J connectivity index is 2.73. The highest BCUT2D eigenvalue weighted by molar-refractivity contribution is 5.90. The Morgan fingerprint density at radius 3 is 2.78 bits per heavy atom. The van der Waals surface area contributed by atoms with Crippen LogP contribution in [-0.2, 0) is 9.53 Å². The molecule has 0 N–H and O–H groups in total. The Hall–Kier alpha value is -1.05. The first kappa shape index (κ1) is 6.08. The lowest BCUT2D eigenvalue weighted by molar-refractivity contribution is -0.138. The molecule has 0 spiro atoms. The van der Waals surface area contributed by atoms with Crippen molar-refractivity contribution in [3.8, 4) is 0 Å². The predicted molar refractivity (Wildman–Crippen MR) is 33.8 cm³/mol. The van der Waals surface area contributed by atoms with Crippen LogP contribution in [0, 0.1) is 0 Å². The zero-order chi connectivity index (χ0) is 6.85. The number of cyclic esters (lactones) is 1. The van der Waals surface area contributed by atoms with Gasteiger partial charge in [-0.1, -0.05) is 6.58 Å². The van der Waals surface area contributed by atoms with E-state index >= 15 is 0 Å². The van der Waals surface area contributed by atoms with Crippen LogP contribution in [0.25, 0.3) is 0 Å². The highest BCUT2D eigenvalue weighted by atomic mass is 16.5. The van der Waals surface area contributed by atoms with Crippen LogP contribution in [-0.4, -0.2) is 12.1 Å². The topological polar surface area (TPSA) is 26.3 Å². The molecule has 2 heteroatoms. The Bertz CT molecular complexity index is 179. The molecule has 0 saturated carbocycles. The van der Waals surface area contributed by atoms with E-state index in [9.17, 15) is 4.79 Å². The molecule has 48 valence electrons. The monoisotopic (exact) mass is 124 g/mol. The predicted octanol–water partition coefficient (Wildman–Crippen LogP) is 1.04.